The molecule has 1 aliphatic rings. The second kappa shape index (κ2) is 15.8. The minimum absolute atomic E-state index is 0.0698. The Morgan fingerprint density at radius 2 is 1.95 bits per heavy atom. The maximum absolute atomic E-state index is 14.3. The third kappa shape index (κ3) is 9.24. The molecule has 44 heavy (non-hydrogen) atoms. The summed E-state index contributed by atoms with van der Waals surface area (Å²) in [5.41, 5.74) is 1.64. The number of aliphatic hydroxyl groups is 1. The molecule has 0 unspecified atom stereocenters. The predicted octanol–water partition coefficient (Wildman–Crippen LogP) is 4.87. The molecule has 4 atom stereocenters. The summed E-state index contributed by atoms with van der Waals surface area (Å²) in [7, 11) is -1.77. The lowest BCUT2D eigenvalue weighted by Gasteiger charge is -2.36. The largest absolute Gasteiger partial charge is 0.490 e. The molecule has 0 aliphatic carbocycles. The average molecular weight is 645 g/mol. The topological polar surface area (TPSA) is 121 Å². The van der Waals surface area contributed by atoms with Gasteiger partial charge in [-0.25, -0.2) is 8.42 Å². The Balaban J connectivity index is 1.63. The molecule has 2 N–H and O–H groups in total. The molecule has 3 aromatic rings. The maximum atomic E-state index is 14.3. The molecule has 0 saturated carbocycles. The van der Waals surface area contributed by atoms with E-state index >= 15 is 0 Å². The first-order valence-electron chi connectivity index (χ1n) is 15.0. The Bertz CT molecular complexity index is 1440. The zero-order valence-electron chi connectivity index (χ0n) is 25.9. The lowest BCUT2D eigenvalue weighted by atomic mass is 10.0. The normalized spacial score (nSPS) is 21.3. The van der Waals surface area contributed by atoms with Crippen LogP contribution < -0.4 is 9.46 Å². The number of likely N-dealkylation sites (N-methyl/N-ethyl adjacent to an activating group) is 1. The van der Waals surface area contributed by atoms with Gasteiger partial charge in [0.1, 0.15) is 9.96 Å². The van der Waals surface area contributed by atoms with Crippen molar-refractivity contribution in [3.05, 3.63) is 71.4 Å². The third-order valence-electron chi connectivity index (χ3n) is 7.76. The van der Waals surface area contributed by atoms with E-state index in [2.05, 4.69) is 28.6 Å². The van der Waals surface area contributed by atoms with Crippen LogP contribution in [0.3, 0.4) is 0 Å². The molecule has 0 radical (unpaired) electrons. The molecule has 2 aromatic heterocycles. The molecule has 0 saturated heterocycles. The number of hydrogen-bond donors (Lipinski definition) is 2. The van der Waals surface area contributed by atoms with Crippen molar-refractivity contribution in [3.8, 4) is 5.75 Å². The van der Waals surface area contributed by atoms with Gasteiger partial charge in [0.15, 0.2) is 0 Å². The van der Waals surface area contributed by atoms with E-state index in [-0.39, 0.29) is 46.1 Å². The van der Waals surface area contributed by atoms with Crippen molar-refractivity contribution in [1.29, 1.82) is 0 Å². The van der Waals surface area contributed by atoms with Crippen LogP contribution in [0.1, 0.15) is 56.0 Å². The monoisotopic (exact) mass is 644 g/mol. The number of carbonyl (C=O) groups excluding carboxylic acids is 1. The molecular formula is C32H44N4O6S2. The summed E-state index contributed by atoms with van der Waals surface area (Å²) in [6.45, 7) is 7.90. The number of anilines is 1. The fourth-order valence-corrected chi connectivity index (χ4v) is 7.28. The molecule has 10 nitrogen and oxygen atoms in total. The zero-order valence-corrected chi connectivity index (χ0v) is 27.5. The molecule has 4 rings (SSSR count). The number of pyridine rings is 1. The number of benzene rings is 1. The van der Waals surface area contributed by atoms with Gasteiger partial charge in [0.2, 0.25) is 0 Å². The smallest absolute Gasteiger partial charge is 0.271 e. The van der Waals surface area contributed by atoms with Crippen molar-refractivity contribution in [2.45, 2.75) is 69.0 Å². The van der Waals surface area contributed by atoms with E-state index in [1.54, 1.807) is 47.8 Å². The summed E-state index contributed by atoms with van der Waals surface area (Å²) in [4.78, 5) is 22.2. The van der Waals surface area contributed by atoms with E-state index in [9.17, 15) is 18.3 Å². The van der Waals surface area contributed by atoms with Crippen molar-refractivity contribution < 1.29 is 27.8 Å². The van der Waals surface area contributed by atoms with Gasteiger partial charge >= 0.3 is 0 Å². The zero-order chi connectivity index (χ0) is 31.7. The van der Waals surface area contributed by atoms with E-state index < -0.39 is 16.1 Å². The second-order valence-corrected chi connectivity index (χ2v) is 14.5. The number of fused-ring (bicyclic) bond motifs is 1. The standard InChI is InChI=1S/C32H44N4O6S2/c1-23-19-36(24(2)22-37)32(38)28-18-27(34-44(39,40)31-9-7-17-43-31)10-11-29(28)42-25(3)8-5-6-16-41-30(23)21-35(4)20-26-12-14-33-15-13-26/h7,9-15,17-18,23-25,30,34,37H,5-6,8,16,19-22H2,1-4H3/t23-,24-,25-,30+/m1/s1. The maximum Gasteiger partial charge on any atom is 0.271 e. The number of amides is 1. The van der Waals surface area contributed by atoms with Gasteiger partial charge in [-0.2, -0.15) is 0 Å². The number of aromatic nitrogens is 1. The summed E-state index contributed by atoms with van der Waals surface area (Å²) in [5, 5.41) is 11.9. The summed E-state index contributed by atoms with van der Waals surface area (Å²) >= 11 is 1.11. The van der Waals surface area contributed by atoms with Crippen LogP contribution in [-0.4, -0.2) is 85.8 Å². The second-order valence-electron chi connectivity index (χ2n) is 11.6. The Kier molecular flexibility index (Phi) is 12.2. The third-order valence-corrected chi connectivity index (χ3v) is 10.5. The molecular weight excluding hydrogens is 601 g/mol. The molecule has 1 aromatic carbocycles. The highest BCUT2D eigenvalue weighted by molar-refractivity contribution is 7.94. The fraction of sp³-hybridized carbons (Fsp3) is 0.500. The highest BCUT2D eigenvalue weighted by atomic mass is 32.2. The van der Waals surface area contributed by atoms with Crippen LogP contribution in [0, 0.1) is 5.92 Å². The molecule has 0 bridgehead atoms. The SMILES string of the molecule is C[C@@H]1CCCCO[C@@H](CN(C)Cc2ccncc2)[C@H](C)CN([C@H](C)CO)C(=O)c2cc(NS(=O)(=O)c3cccs3)ccc2O1. The number of carbonyl (C=O) groups is 1. The van der Waals surface area contributed by atoms with Crippen LogP contribution in [0.25, 0.3) is 0 Å². The van der Waals surface area contributed by atoms with Gasteiger partial charge in [-0.15, -0.1) is 11.3 Å². The molecule has 0 spiro atoms. The number of nitrogens with zero attached hydrogens (tertiary/aromatic N) is 3. The van der Waals surface area contributed by atoms with Crippen molar-refractivity contribution in [2.24, 2.45) is 5.92 Å². The van der Waals surface area contributed by atoms with Gasteiger partial charge < -0.3 is 19.5 Å². The van der Waals surface area contributed by atoms with Crippen LogP contribution in [0.15, 0.2) is 64.4 Å². The molecule has 1 aliphatic heterocycles. The van der Waals surface area contributed by atoms with E-state index in [4.69, 9.17) is 9.47 Å². The molecule has 12 heteroatoms. The first-order chi connectivity index (χ1) is 21.1. The molecule has 240 valence electrons. The van der Waals surface area contributed by atoms with Crippen molar-refractivity contribution in [2.75, 3.05) is 38.1 Å². The van der Waals surface area contributed by atoms with Crippen LogP contribution in [0.5, 0.6) is 5.75 Å². The van der Waals surface area contributed by atoms with Gasteiger partial charge in [-0.05, 0) is 87.5 Å². The number of hydrogen-bond acceptors (Lipinski definition) is 9. The quantitative estimate of drug-likeness (QED) is 0.339. The number of sulfonamides is 1. The van der Waals surface area contributed by atoms with Gasteiger partial charge in [-0.3, -0.25) is 19.4 Å². The summed E-state index contributed by atoms with van der Waals surface area (Å²) in [6.07, 6.45) is 5.76. The fourth-order valence-electron chi connectivity index (χ4n) is 5.24. The van der Waals surface area contributed by atoms with Crippen molar-refractivity contribution >= 4 is 33.0 Å². The number of rotatable bonds is 9. The van der Waals surface area contributed by atoms with Gasteiger partial charge in [0.25, 0.3) is 15.9 Å². The van der Waals surface area contributed by atoms with Crippen molar-refractivity contribution in [1.82, 2.24) is 14.8 Å². The van der Waals surface area contributed by atoms with E-state index in [1.807, 2.05) is 19.1 Å². The van der Waals surface area contributed by atoms with Gasteiger partial charge in [0, 0.05) is 50.2 Å². The number of ether oxygens (including phenoxy) is 2. The number of nitrogens with one attached hydrogen (secondary N) is 1. The van der Waals surface area contributed by atoms with Gasteiger partial charge in [0.05, 0.1) is 30.4 Å². The Morgan fingerprint density at radius 1 is 1.18 bits per heavy atom. The summed E-state index contributed by atoms with van der Waals surface area (Å²) in [6, 6.07) is 11.5. The minimum Gasteiger partial charge on any atom is -0.490 e. The number of thiophene rings is 1. The van der Waals surface area contributed by atoms with Crippen LogP contribution >= 0.6 is 11.3 Å². The van der Waals surface area contributed by atoms with Crippen LogP contribution in [-0.2, 0) is 21.3 Å². The molecule has 3 heterocycles. The van der Waals surface area contributed by atoms with Gasteiger partial charge in [-0.1, -0.05) is 13.0 Å². The molecule has 1 amide bonds. The summed E-state index contributed by atoms with van der Waals surface area (Å²) in [5.74, 6) is -0.0374. The lowest BCUT2D eigenvalue weighted by Crippen LogP contribution is -2.47. The predicted molar refractivity (Wildman–Crippen MR) is 173 cm³/mol. The molecule has 0 fully saturated rings. The van der Waals surface area contributed by atoms with Crippen LogP contribution in [0.4, 0.5) is 5.69 Å². The lowest BCUT2D eigenvalue weighted by molar-refractivity contribution is -0.0177. The number of aliphatic hydroxyl groups excluding tert-OH is 1. The highest BCUT2D eigenvalue weighted by Gasteiger charge is 2.30. The minimum atomic E-state index is -3.82. The van der Waals surface area contributed by atoms with E-state index in [1.165, 1.54) is 12.1 Å². The highest BCUT2D eigenvalue weighted by Crippen LogP contribution is 2.30. The first kappa shape index (κ1) is 33.9. The Labute approximate surface area is 265 Å². The average Bonchev–Trinajstić information content (AvgIpc) is 3.55. The van der Waals surface area contributed by atoms with E-state index in [0.29, 0.717) is 25.4 Å². The summed E-state index contributed by atoms with van der Waals surface area (Å²) < 4.78 is 41.4. The first-order valence-corrected chi connectivity index (χ1v) is 17.4. The Morgan fingerprint density at radius 3 is 2.66 bits per heavy atom. The van der Waals surface area contributed by atoms with Crippen molar-refractivity contribution in [3.63, 3.8) is 0 Å². The van der Waals surface area contributed by atoms with Crippen LogP contribution in [0.2, 0.25) is 0 Å². The van der Waals surface area contributed by atoms with E-state index in [0.717, 1.165) is 42.7 Å². The Hall–Kier alpha value is -3.03.